The average Bonchev–Trinajstić information content (AvgIpc) is 3.34. The monoisotopic (exact) mass is 490 g/mol. The Hall–Kier alpha value is -4.86. The average molecular weight is 490 g/mol. The highest BCUT2D eigenvalue weighted by molar-refractivity contribution is 6.39. The molecule has 2 aliphatic heterocycles. The van der Waals surface area contributed by atoms with E-state index in [1.807, 2.05) is 0 Å². The van der Waals surface area contributed by atoms with E-state index in [4.69, 9.17) is 18.9 Å². The minimum atomic E-state index is -0.879. The molecule has 4 amide bonds. The summed E-state index contributed by atoms with van der Waals surface area (Å²) in [5.41, 5.74) is 0.788. The van der Waals surface area contributed by atoms with Gasteiger partial charge in [0.2, 0.25) is 6.79 Å². The minimum absolute atomic E-state index is 0.0169. The van der Waals surface area contributed by atoms with E-state index in [1.54, 1.807) is 42.5 Å². The molecular formula is C26H19FN2O7. The predicted octanol–water partition coefficient (Wildman–Crippen LogP) is 3.81. The Morgan fingerprint density at radius 3 is 2.61 bits per heavy atom. The van der Waals surface area contributed by atoms with Gasteiger partial charge in [-0.05, 0) is 42.0 Å². The first kappa shape index (κ1) is 22.9. The number of carbonyl (C=O) groups excluding carboxylic acids is 3. The Kier molecular flexibility index (Phi) is 5.99. The molecule has 0 bridgehead atoms. The zero-order valence-electron chi connectivity index (χ0n) is 18.9. The lowest BCUT2D eigenvalue weighted by atomic mass is 10.1. The quantitative estimate of drug-likeness (QED) is 0.414. The fraction of sp³-hybridized carbons (Fsp3) is 0.115. The number of amides is 4. The van der Waals surface area contributed by atoms with Crippen LogP contribution in [0, 0.1) is 5.82 Å². The molecule has 3 aromatic rings. The zero-order valence-corrected chi connectivity index (χ0v) is 18.9. The van der Waals surface area contributed by atoms with E-state index < -0.39 is 17.8 Å². The van der Waals surface area contributed by atoms with Gasteiger partial charge in [0, 0.05) is 11.6 Å². The number of urea groups is 1. The van der Waals surface area contributed by atoms with Crippen LogP contribution in [0.1, 0.15) is 11.1 Å². The summed E-state index contributed by atoms with van der Waals surface area (Å²) < 4.78 is 35.5. The molecule has 2 heterocycles. The maximum Gasteiger partial charge on any atom is 0.335 e. The maximum atomic E-state index is 13.9. The van der Waals surface area contributed by atoms with Gasteiger partial charge in [-0.1, -0.05) is 24.3 Å². The van der Waals surface area contributed by atoms with Gasteiger partial charge in [0.15, 0.2) is 23.0 Å². The predicted molar refractivity (Wildman–Crippen MR) is 125 cm³/mol. The van der Waals surface area contributed by atoms with Crippen LogP contribution < -0.4 is 29.2 Å². The molecular weight excluding hydrogens is 471 g/mol. The fourth-order valence-electron chi connectivity index (χ4n) is 3.75. The fourth-order valence-corrected chi connectivity index (χ4v) is 3.75. The Labute approximate surface area is 204 Å². The van der Waals surface area contributed by atoms with Crippen LogP contribution in [0.4, 0.5) is 14.9 Å². The van der Waals surface area contributed by atoms with Crippen molar-refractivity contribution < 1.29 is 37.7 Å². The minimum Gasteiger partial charge on any atom is -0.493 e. The molecule has 1 fully saturated rings. The number of nitrogens with zero attached hydrogens (tertiary/aromatic N) is 1. The number of hydrogen-bond acceptors (Lipinski definition) is 7. The van der Waals surface area contributed by atoms with Crippen molar-refractivity contribution in [1.29, 1.82) is 0 Å². The van der Waals surface area contributed by atoms with E-state index >= 15 is 0 Å². The summed E-state index contributed by atoms with van der Waals surface area (Å²) in [4.78, 5) is 39.0. The molecule has 1 saturated heterocycles. The number of halogens is 1. The van der Waals surface area contributed by atoms with Crippen LogP contribution in [0.2, 0.25) is 0 Å². The normalized spacial score (nSPS) is 15.8. The van der Waals surface area contributed by atoms with Gasteiger partial charge in [-0.25, -0.2) is 14.1 Å². The zero-order chi connectivity index (χ0) is 25.2. The highest BCUT2D eigenvalue weighted by atomic mass is 19.1. The van der Waals surface area contributed by atoms with Gasteiger partial charge in [0.1, 0.15) is 18.0 Å². The highest BCUT2D eigenvalue weighted by Gasteiger charge is 2.37. The summed E-state index contributed by atoms with van der Waals surface area (Å²) in [6, 6.07) is 14.7. The number of hydrogen-bond donors (Lipinski definition) is 1. The Morgan fingerprint density at radius 1 is 1.00 bits per heavy atom. The molecule has 0 aliphatic carbocycles. The Bertz CT molecular complexity index is 1420. The van der Waals surface area contributed by atoms with Crippen molar-refractivity contribution in [1.82, 2.24) is 5.32 Å². The second kappa shape index (κ2) is 9.41. The first-order valence-electron chi connectivity index (χ1n) is 10.8. The van der Waals surface area contributed by atoms with Gasteiger partial charge in [0.25, 0.3) is 11.8 Å². The van der Waals surface area contributed by atoms with Crippen LogP contribution in [0.3, 0.4) is 0 Å². The van der Waals surface area contributed by atoms with E-state index in [2.05, 4.69) is 5.32 Å². The van der Waals surface area contributed by atoms with Crippen molar-refractivity contribution >= 4 is 29.6 Å². The number of benzene rings is 3. The van der Waals surface area contributed by atoms with Crippen molar-refractivity contribution in [2.75, 3.05) is 18.8 Å². The van der Waals surface area contributed by atoms with E-state index in [1.165, 1.54) is 31.4 Å². The third kappa shape index (κ3) is 4.31. The number of imide groups is 2. The van der Waals surface area contributed by atoms with Gasteiger partial charge < -0.3 is 18.9 Å². The summed E-state index contributed by atoms with van der Waals surface area (Å²) in [7, 11) is 1.43. The summed E-state index contributed by atoms with van der Waals surface area (Å²) in [6.07, 6.45) is 1.34. The first-order valence-corrected chi connectivity index (χ1v) is 10.8. The largest absolute Gasteiger partial charge is 0.493 e. The van der Waals surface area contributed by atoms with Gasteiger partial charge in [-0.15, -0.1) is 0 Å². The standard InChI is InChI=1S/C26H19FN2O7/c1-33-22-11-15(6-8-20(22)34-13-16-4-2-3-5-19(16)27)10-18-24(30)28-26(32)29(25(18)31)17-7-9-21-23(12-17)36-14-35-21/h2-12H,13-14H2,1H3,(H,28,30,32). The molecule has 2 aliphatic rings. The molecule has 9 nitrogen and oxygen atoms in total. The van der Waals surface area contributed by atoms with Crippen molar-refractivity contribution in [3.8, 4) is 23.0 Å². The van der Waals surface area contributed by atoms with E-state index in [9.17, 15) is 18.8 Å². The summed E-state index contributed by atoms with van der Waals surface area (Å²) >= 11 is 0. The number of fused-ring (bicyclic) bond motifs is 1. The van der Waals surface area contributed by atoms with E-state index in [0.29, 0.717) is 34.1 Å². The van der Waals surface area contributed by atoms with E-state index in [0.717, 1.165) is 4.90 Å². The Balaban J connectivity index is 1.40. The van der Waals surface area contributed by atoms with Crippen molar-refractivity contribution in [3.05, 3.63) is 83.2 Å². The molecule has 0 spiro atoms. The van der Waals surface area contributed by atoms with E-state index in [-0.39, 0.29) is 30.5 Å². The molecule has 0 aromatic heterocycles. The topological polar surface area (TPSA) is 103 Å². The van der Waals surface area contributed by atoms with Gasteiger partial charge >= 0.3 is 6.03 Å². The first-order chi connectivity index (χ1) is 17.4. The van der Waals surface area contributed by atoms with Crippen LogP contribution in [0.25, 0.3) is 6.08 Å². The number of carbonyl (C=O) groups is 3. The van der Waals surface area contributed by atoms with Crippen molar-refractivity contribution in [3.63, 3.8) is 0 Å². The third-order valence-corrected chi connectivity index (χ3v) is 5.56. The number of barbiturate groups is 1. The summed E-state index contributed by atoms with van der Waals surface area (Å²) in [6.45, 7) is 0.0152. The lowest BCUT2D eigenvalue weighted by Crippen LogP contribution is -2.54. The van der Waals surface area contributed by atoms with Crippen LogP contribution in [-0.4, -0.2) is 31.7 Å². The van der Waals surface area contributed by atoms with Gasteiger partial charge in [0.05, 0.1) is 12.8 Å². The third-order valence-electron chi connectivity index (χ3n) is 5.56. The molecule has 182 valence electrons. The molecule has 0 unspecified atom stereocenters. The van der Waals surface area contributed by atoms with Gasteiger partial charge in [-0.2, -0.15) is 0 Å². The van der Waals surface area contributed by atoms with Crippen LogP contribution in [0.5, 0.6) is 23.0 Å². The molecule has 0 saturated carbocycles. The lowest BCUT2D eigenvalue weighted by Gasteiger charge is -2.26. The molecule has 10 heteroatoms. The summed E-state index contributed by atoms with van der Waals surface area (Å²) in [5, 5.41) is 2.18. The maximum absolute atomic E-state index is 13.9. The van der Waals surface area contributed by atoms with Gasteiger partial charge in [-0.3, -0.25) is 14.9 Å². The summed E-state index contributed by atoms with van der Waals surface area (Å²) in [5.74, 6) is -0.498. The van der Waals surface area contributed by atoms with Crippen LogP contribution >= 0.6 is 0 Å². The number of anilines is 1. The molecule has 5 rings (SSSR count). The smallest absolute Gasteiger partial charge is 0.335 e. The number of nitrogens with one attached hydrogen (secondary N) is 1. The number of rotatable bonds is 6. The Morgan fingerprint density at radius 2 is 1.81 bits per heavy atom. The number of ether oxygens (including phenoxy) is 4. The molecule has 1 N–H and O–H groups in total. The van der Waals surface area contributed by atoms with Crippen LogP contribution in [0.15, 0.2) is 66.2 Å². The second-order valence-electron chi connectivity index (χ2n) is 7.79. The molecule has 0 atom stereocenters. The van der Waals surface area contributed by atoms with Crippen molar-refractivity contribution in [2.45, 2.75) is 6.61 Å². The second-order valence-corrected chi connectivity index (χ2v) is 7.79. The molecule has 36 heavy (non-hydrogen) atoms. The number of methoxy groups -OCH3 is 1. The SMILES string of the molecule is COc1cc(C=C2C(=O)NC(=O)N(c3ccc4c(c3)OCO4)C2=O)ccc1OCc1ccccc1F. The highest BCUT2D eigenvalue weighted by Crippen LogP contribution is 2.36. The lowest BCUT2D eigenvalue weighted by molar-refractivity contribution is -0.122. The van der Waals surface area contributed by atoms with Crippen LogP contribution in [-0.2, 0) is 16.2 Å². The molecule has 3 aromatic carbocycles. The van der Waals surface area contributed by atoms with Crippen molar-refractivity contribution in [2.24, 2.45) is 0 Å². The molecule has 0 radical (unpaired) electrons.